The summed E-state index contributed by atoms with van der Waals surface area (Å²) >= 11 is 0. The lowest BCUT2D eigenvalue weighted by molar-refractivity contribution is 0.0945. The van der Waals surface area contributed by atoms with E-state index in [9.17, 15) is 15.0 Å². The van der Waals surface area contributed by atoms with E-state index in [2.05, 4.69) is 10.3 Å². The number of benzene rings is 1. The Morgan fingerprint density at radius 1 is 1.24 bits per heavy atom. The quantitative estimate of drug-likeness (QED) is 0.682. The summed E-state index contributed by atoms with van der Waals surface area (Å²) in [6, 6.07) is 9.44. The van der Waals surface area contributed by atoms with E-state index in [4.69, 9.17) is 0 Å². The lowest BCUT2D eigenvalue weighted by Crippen LogP contribution is -2.22. The second-order valence-electron chi connectivity index (χ2n) is 5.44. The Bertz CT molecular complexity index is 618. The number of hydrogen-bond acceptors (Lipinski definition) is 3. The molecule has 0 fully saturated rings. The number of hydrogen-bond donors (Lipinski definition) is 4. The van der Waals surface area contributed by atoms with E-state index >= 15 is 0 Å². The summed E-state index contributed by atoms with van der Waals surface area (Å²) in [5.41, 5.74) is 1.33. The van der Waals surface area contributed by atoms with Crippen LogP contribution in [-0.4, -0.2) is 21.1 Å². The van der Waals surface area contributed by atoms with Gasteiger partial charge in [-0.05, 0) is 17.9 Å². The third-order valence-corrected chi connectivity index (χ3v) is 3.16. The van der Waals surface area contributed by atoms with Gasteiger partial charge in [-0.1, -0.05) is 44.2 Å². The Labute approximate surface area is 123 Å². The number of aromatic hydroxyl groups is 2. The van der Waals surface area contributed by atoms with Crippen molar-refractivity contribution in [3.05, 3.63) is 47.2 Å². The maximum atomic E-state index is 12.1. The molecule has 1 aromatic heterocycles. The minimum atomic E-state index is -0.500. The molecule has 1 amide bonds. The average molecular weight is 288 g/mol. The third-order valence-electron chi connectivity index (χ3n) is 3.16. The van der Waals surface area contributed by atoms with Crippen molar-refractivity contribution in [2.24, 2.45) is 5.92 Å². The molecule has 0 saturated carbocycles. The molecule has 112 valence electrons. The smallest absolute Gasteiger partial charge is 0.260 e. The van der Waals surface area contributed by atoms with Crippen molar-refractivity contribution in [1.29, 1.82) is 0 Å². The number of amides is 1. The maximum absolute atomic E-state index is 12.1. The zero-order chi connectivity index (χ0) is 15.4. The van der Waals surface area contributed by atoms with Gasteiger partial charge in [-0.2, -0.15) is 0 Å². The van der Waals surface area contributed by atoms with E-state index in [1.807, 2.05) is 44.2 Å². The highest BCUT2D eigenvalue weighted by molar-refractivity contribution is 5.99. The van der Waals surface area contributed by atoms with Gasteiger partial charge >= 0.3 is 0 Å². The van der Waals surface area contributed by atoms with Gasteiger partial charge in [-0.25, -0.2) is 0 Å². The first-order chi connectivity index (χ1) is 9.99. The Balaban J connectivity index is 2.10. The summed E-state index contributed by atoms with van der Waals surface area (Å²) in [6.45, 7) is 4.32. The number of nitrogens with one attached hydrogen (secondary N) is 2. The molecule has 4 N–H and O–H groups in total. The summed E-state index contributed by atoms with van der Waals surface area (Å²) < 4.78 is 0. The van der Waals surface area contributed by atoms with Gasteiger partial charge in [-0.3, -0.25) is 4.79 Å². The van der Waals surface area contributed by atoms with Crippen LogP contribution in [0, 0.1) is 5.92 Å². The van der Waals surface area contributed by atoms with Crippen LogP contribution >= 0.6 is 0 Å². The van der Waals surface area contributed by atoms with Crippen LogP contribution in [0.3, 0.4) is 0 Å². The van der Waals surface area contributed by atoms with Crippen LogP contribution in [0.5, 0.6) is 11.6 Å². The average Bonchev–Trinajstić information content (AvgIpc) is 2.71. The molecule has 21 heavy (non-hydrogen) atoms. The molecule has 2 rings (SSSR count). The highest BCUT2D eigenvalue weighted by Gasteiger charge is 2.23. The first kappa shape index (κ1) is 15.0. The second-order valence-corrected chi connectivity index (χ2v) is 5.44. The van der Waals surface area contributed by atoms with Crippen LogP contribution in [0.2, 0.25) is 0 Å². The largest absolute Gasteiger partial charge is 0.505 e. The van der Waals surface area contributed by atoms with Crippen LogP contribution in [0.4, 0.5) is 0 Å². The topological polar surface area (TPSA) is 85.3 Å². The molecule has 0 aliphatic heterocycles. The summed E-state index contributed by atoms with van der Waals surface area (Å²) in [5, 5.41) is 22.6. The van der Waals surface area contributed by atoms with E-state index in [0.29, 0.717) is 24.6 Å². The van der Waals surface area contributed by atoms with Gasteiger partial charge in [0.05, 0.1) is 5.69 Å². The summed E-state index contributed by atoms with van der Waals surface area (Å²) in [7, 11) is 0. The van der Waals surface area contributed by atoms with Crippen molar-refractivity contribution < 1.29 is 15.0 Å². The fourth-order valence-electron chi connectivity index (χ4n) is 2.17. The Hall–Kier alpha value is -2.43. The highest BCUT2D eigenvalue weighted by Crippen LogP contribution is 2.32. The predicted molar refractivity (Wildman–Crippen MR) is 80.3 cm³/mol. The van der Waals surface area contributed by atoms with E-state index in [0.717, 1.165) is 5.56 Å². The summed E-state index contributed by atoms with van der Waals surface area (Å²) in [6.07, 6.45) is 0.561. The molecule has 0 bridgehead atoms. The van der Waals surface area contributed by atoms with Crippen LogP contribution in [-0.2, 0) is 13.0 Å². The first-order valence-electron chi connectivity index (χ1n) is 6.94. The molecule has 0 unspecified atom stereocenters. The molecule has 0 saturated heterocycles. The zero-order valence-electron chi connectivity index (χ0n) is 12.2. The second kappa shape index (κ2) is 6.35. The van der Waals surface area contributed by atoms with Gasteiger partial charge in [0.15, 0.2) is 5.75 Å². The number of aromatic nitrogens is 1. The van der Waals surface area contributed by atoms with Crippen LogP contribution in [0.25, 0.3) is 0 Å². The van der Waals surface area contributed by atoms with Gasteiger partial charge in [0.1, 0.15) is 5.56 Å². The number of H-pyrrole nitrogens is 1. The van der Waals surface area contributed by atoms with Crippen molar-refractivity contribution >= 4 is 5.91 Å². The molecule has 2 aromatic rings. The predicted octanol–water partition coefficient (Wildman–Crippen LogP) is 2.55. The van der Waals surface area contributed by atoms with Crippen molar-refractivity contribution in [3.63, 3.8) is 0 Å². The summed E-state index contributed by atoms with van der Waals surface area (Å²) in [4.78, 5) is 14.8. The molecule has 1 heterocycles. The molecule has 0 radical (unpaired) electrons. The Kier molecular flexibility index (Phi) is 4.52. The standard InChI is InChI=1S/C16H20N2O3/c1-10(2)8-12-14(19)13(16(21)18-12)15(20)17-9-11-6-4-3-5-7-11/h3-7,10,18-19,21H,8-9H2,1-2H3,(H,17,20). The van der Waals surface area contributed by atoms with Crippen molar-refractivity contribution in [1.82, 2.24) is 10.3 Å². The van der Waals surface area contributed by atoms with Crippen LogP contribution in [0.15, 0.2) is 30.3 Å². The van der Waals surface area contributed by atoms with E-state index < -0.39 is 5.91 Å². The number of aromatic amines is 1. The van der Waals surface area contributed by atoms with Gasteiger partial charge in [0.25, 0.3) is 5.91 Å². The molecule has 0 atom stereocenters. The SMILES string of the molecule is CC(C)Cc1[nH]c(O)c(C(=O)NCc2ccccc2)c1O. The molecule has 0 spiro atoms. The van der Waals surface area contributed by atoms with Crippen molar-refractivity contribution in [2.75, 3.05) is 0 Å². The highest BCUT2D eigenvalue weighted by atomic mass is 16.3. The lowest BCUT2D eigenvalue weighted by Gasteiger charge is -2.05. The van der Waals surface area contributed by atoms with Crippen molar-refractivity contribution in [2.45, 2.75) is 26.8 Å². The molecular weight excluding hydrogens is 268 g/mol. The summed E-state index contributed by atoms with van der Waals surface area (Å²) in [5.74, 6) is -0.672. The van der Waals surface area contributed by atoms with Crippen molar-refractivity contribution in [3.8, 4) is 11.6 Å². The molecule has 0 aliphatic carbocycles. The number of carbonyl (C=O) groups excluding carboxylic acids is 1. The van der Waals surface area contributed by atoms with Gasteiger partial charge < -0.3 is 20.5 Å². The monoisotopic (exact) mass is 288 g/mol. The van der Waals surface area contributed by atoms with Gasteiger partial charge in [0, 0.05) is 6.54 Å². The Morgan fingerprint density at radius 3 is 2.52 bits per heavy atom. The molecular formula is C16H20N2O3. The minimum Gasteiger partial charge on any atom is -0.505 e. The number of carbonyl (C=O) groups is 1. The molecule has 5 nitrogen and oxygen atoms in total. The third kappa shape index (κ3) is 3.56. The maximum Gasteiger partial charge on any atom is 0.260 e. The van der Waals surface area contributed by atoms with Crippen LogP contribution < -0.4 is 5.32 Å². The fraction of sp³-hybridized carbons (Fsp3) is 0.312. The van der Waals surface area contributed by atoms with Crippen LogP contribution in [0.1, 0.15) is 35.5 Å². The van der Waals surface area contributed by atoms with E-state index in [1.54, 1.807) is 0 Å². The van der Waals surface area contributed by atoms with Gasteiger partial charge in [-0.15, -0.1) is 0 Å². The fourth-order valence-corrected chi connectivity index (χ4v) is 2.17. The molecule has 1 aromatic carbocycles. The van der Waals surface area contributed by atoms with E-state index in [1.165, 1.54) is 0 Å². The lowest BCUT2D eigenvalue weighted by atomic mass is 10.1. The number of rotatable bonds is 5. The Morgan fingerprint density at radius 2 is 1.90 bits per heavy atom. The van der Waals surface area contributed by atoms with Gasteiger partial charge in [0.2, 0.25) is 5.88 Å². The van der Waals surface area contributed by atoms with E-state index in [-0.39, 0.29) is 17.2 Å². The first-order valence-corrected chi connectivity index (χ1v) is 6.94. The molecule has 0 aliphatic rings. The normalized spacial score (nSPS) is 10.8. The molecule has 5 heteroatoms. The zero-order valence-corrected chi connectivity index (χ0v) is 12.2. The minimum absolute atomic E-state index is 0.0958.